The van der Waals surface area contributed by atoms with Crippen LogP contribution in [0.15, 0.2) is 41.3 Å². The smallest absolute Gasteiger partial charge is 0.407 e. The highest BCUT2D eigenvalue weighted by atomic mass is 19.1. The Bertz CT molecular complexity index is 1790. The Balaban J connectivity index is 1.88. The molecule has 1 atom stereocenters. The number of nitriles is 1. The Labute approximate surface area is 236 Å². The van der Waals surface area contributed by atoms with E-state index in [1.54, 1.807) is 30.5 Å². The average Bonchev–Trinajstić information content (AvgIpc) is 2.93. The van der Waals surface area contributed by atoms with Crippen LogP contribution < -0.4 is 10.6 Å². The van der Waals surface area contributed by atoms with Crippen LogP contribution in [-0.2, 0) is 0 Å². The maximum absolute atomic E-state index is 15.1. The molecule has 1 aliphatic heterocycles. The van der Waals surface area contributed by atoms with Gasteiger partial charge in [0.05, 0.1) is 28.0 Å². The molecule has 0 bridgehead atoms. The summed E-state index contributed by atoms with van der Waals surface area (Å²) in [4.78, 5) is 42.6. The SMILES string of the molecule is Cc1ccc(F)c(-c2nc3c(cc2C#N)c(N2CCN(C(=O)O)C[C@@H]2C)nc(=O)n3-c2c(C)ccnc2C(C)C)c1. The molecule has 3 aromatic heterocycles. The Hall–Kier alpha value is -4.85. The lowest BCUT2D eigenvalue weighted by Crippen LogP contribution is -2.54. The molecular formula is C30H30FN7O3. The summed E-state index contributed by atoms with van der Waals surface area (Å²) in [5.41, 5.74) is 2.76. The monoisotopic (exact) mass is 555 g/mol. The zero-order chi connectivity index (χ0) is 29.6. The van der Waals surface area contributed by atoms with Gasteiger partial charge in [0.25, 0.3) is 0 Å². The van der Waals surface area contributed by atoms with E-state index < -0.39 is 17.6 Å². The lowest BCUT2D eigenvalue weighted by atomic mass is 10.0. The number of amides is 1. The van der Waals surface area contributed by atoms with Crippen LogP contribution in [0.5, 0.6) is 0 Å². The van der Waals surface area contributed by atoms with Gasteiger partial charge in [0.2, 0.25) is 0 Å². The van der Waals surface area contributed by atoms with Crippen LogP contribution in [0, 0.1) is 31.0 Å². The first-order valence-electron chi connectivity index (χ1n) is 13.4. The Morgan fingerprint density at radius 3 is 2.59 bits per heavy atom. The highest BCUT2D eigenvalue weighted by Gasteiger charge is 2.31. The van der Waals surface area contributed by atoms with Crippen LogP contribution in [-0.4, -0.2) is 61.3 Å². The number of benzene rings is 1. The second-order valence-corrected chi connectivity index (χ2v) is 10.7. The van der Waals surface area contributed by atoms with Crippen LogP contribution in [0.1, 0.15) is 49.1 Å². The van der Waals surface area contributed by atoms with Crippen LogP contribution in [0.2, 0.25) is 0 Å². The van der Waals surface area contributed by atoms with E-state index in [-0.39, 0.29) is 47.5 Å². The zero-order valence-corrected chi connectivity index (χ0v) is 23.5. The second kappa shape index (κ2) is 10.6. The number of rotatable bonds is 4. The number of nitrogens with zero attached hydrogens (tertiary/aromatic N) is 7. The third-order valence-electron chi connectivity index (χ3n) is 7.44. The van der Waals surface area contributed by atoms with Gasteiger partial charge in [0, 0.05) is 37.4 Å². The molecule has 1 fully saturated rings. The van der Waals surface area contributed by atoms with Gasteiger partial charge in [-0.15, -0.1) is 0 Å². The van der Waals surface area contributed by atoms with Gasteiger partial charge in [-0.25, -0.2) is 23.5 Å². The van der Waals surface area contributed by atoms with E-state index in [1.165, 1.54) is 15.5 Å². The topological polar surface area (TPSA) is 128 Å². The molecule has 4 aromatic rings. The molecule has 1 aliphatic rings. The average molecular weight is 556 g/mol. The minimum atomic E-state index is -1.02. The lowest BCUT2D eigenvalue weighted by Gasteiger charge is -2.39. The number of halogens is 1. The van der Waals surface area contributed by atoms with Gasteiger partial charge in [-0.2, -0.15) is 10.2 Å². The van der Waals surface area contributed by atoms with Crippen LogP contribution in [0.25, 0.3) is 28.0 Å². The highest BCUT2D eigenvalue weighted by Crippen LogP contribution is 2.34. The Kier molecular flexibility index (Phi) is 7.17. The maximum atomic E-state index is 15.1. The summed E-state index contributed by atoms with van der Waals surface area (Å²) in [6.45, 7) is 10.2. The van der Waals surface area contributed by atoms with Crippen molar-refractivity contribution >= 4 is 22.9 Å². The molecule has 41 heavy (non-hydrogen) atoms. The molecule has 0 saturated carbocycles. The number of aromatic nitrogens is 4. The molecule has 210 valence electrons. The van der Waals surface area contributed by atoms with Gasteiger partial charge in [-0.05, 0) is 56.5 Å². The first-order chi connectivity index (χ1) is 19.5. The van der Waals surface area contributed by atoms with E-state index in [4.69, 9.17) is 4.98 Å². The van der Waals surface area contributed by atoms with Crippen molar-refractivity contribution in [1.82, 2.24) is 24.4 Å². The number of hydrogen-bond acceptors (Lipinski definition) is 7. The summed E-state index contributed by atoms with van der Waals surface area (Å²) >= 11 is 0. The van der Waals surface area contributed by atoms with Crippen molar-refractivity contribution in [3.63, 3.8) is 0 Å². The molecule has 5 rings (SSSR count). The number of hydrogen-bond donors (Lipinski definition) is 1. The third-order valence-corrected chi connectivity index (χ3v) is 7.44. The van der Waals surface area contributed by atoms with Crippen LogP contribution in [0.4, 0.5) is 15.0 Å². The van der Waals surface area contributed by atoms with Gasteiger partial charge in [0.1, 0.15) is 17.7 Å². The minimum absolute atomic E-state index is 0.0392. The molecule has 0 radical (unpaired) electrons. The largest absolute Gasteiger partial charge is 0.465 e. The minimum Gasteiger partial charge on any atom is -0.465 e. The van der Waals surface area contributed by atoms with E-state index in [2.05, 4.69) is 16.0 Å². The van der Waals surface area contributed by atoms with E-state index >= 15 is 4.39 Å². The van der Waals surface area contributed by atoms with Gasteiger partial charge in [-0.1, -0.05) is 25.5 Å². The quantitative estimate of drug-likeness (QED) is 0.381. The number of pyridine rings is 2. The van der Waals surface area contributed by atoms with Crippen LogP contribution >= 0.6 is 0 Å². The molecule has 1 N–H and O–H groups in total. The van der Waals surface area contributed by atoms with Crippen molar-refractivity contribution in [1.29, 1.82) is 5.26 Å². The summed E-state index contributed by atoms with van der Waals surface area (Å²) < 4.78 is 16.5. The molecule has 11 heteroatoms. The normalized spacial score (nSPS) is 15.4. The van der Waals surface area contributed by atoms with Crippen molar-refractivity contribution in [2.45, 2.75) is 46.6 Å². The summed E-state index contributed by atoms with van der Waals surface area (Å²) in [6.07, 6.45) is 0.665. The highest BCUT2D eigenvalue weighted by molar-refractivity contribution is 5.92. The first kappa shape index (κ1) is 27.7. The van der Waals surface area contributed by atoms with Crippen molar-refractivity contribution < 1.29 is 14.3 Å². The molecule has 0 spiro atoms. The summed E-state index contributed by atoms with van der Waals surface area (Å²) in [5, 5.41) is 20.1. The number of carboxylic acid groups (broad SMARTS) is 1. The van der Waals surface area contributed by atoms with Gasteiger partial charge in [-0.3, -0.25) is 4.98 Å². The number of carbonyl (C=O) groups is 1. The molecule has 1 amide bonds. The molecule has 1 saturated heterocycles. The predicted molar refractivity (Wildman–Crippen MR) is 153 cm³/mol. The van der Waals surface area contributed by atoms with Crippen LogP contribution in [0.3, 0.4) is 0 Å². The summed E-state index contributed by atoms with van der Waals surface area (Å²) in [7, 11) is 0. The number of piperazine rings is 1. The van der Waals surface area contributed by atoms with Gasteiger partial charge < -0.3 is 14.9 Å². The van der Waals surface area contributed by atoms with E-state index in [9.17, 15) is 20.0 Å². The Morgan fingerprint density at radius 2 is 1.93 bits per heavy atom. The molecule has 4 heterocycles. The standard InChI is InChI=1S/C30H30FN7O3/c1-16(2)24-26(18(4)8-9-33-24)38-28-22(13-20(14-32)25(34-28)21-12-17(3)6-7-23(21)31)27(35-29(38)39)37-11-10-36(30(40)41)15-19(37)5/h6-9,12-13,16,19H,10-11,15H2,1-5H3,(H,40,41)/t19-/m0/s1. The predicted octanol–water partition coefficient (Wildman–Crippen LogP) is 4.78. The fourth-order valence-electron chi connectivity index (χ4n) is 5.39. The third kappa shape index (κ3) is 4.86. The number of aryl methyl sites for hydroxylation is 2. The second-order valence-electron chi connectivity index (χ2n) is 10.7. The van der Waals surface area contributed by atoms with Gasteiger partial charge in [0.15, 0.2) is 5.65 Å². The fourth-order valence-corrected chi connectivity index (χ4v) is 5.39. The number of anilines is 1. The first-order valence-corrected chi connectivity index (χ1v) is 13.4. The van der Waals surface area contributed by atoms with Crippen molar-refractivity contribution in [2.75, 3.05) is 24.5 Å². The molecule has 0 aliphatic carbocycles. The molecular weight excluding hydrogens is 525 g/mol. The van der Waals surface area contributed by atoms with E-state index in [0.29, 0.717) is 29.1 Å². The maximum Gasteiger partial charge on any atom is 0.407 e. The van der Waals surface area contributed by atoms with E-state index in [0.717, 1.165) is 11.1 Å². The Morgan fingerprint density at radius 1 is 1.17 bits per heavy atom. The lowest BCUT2D eigenvalue weighted by molar-refractivity contribution is 0.136. The van der Waals surface area contributed by atoms with E-state index in [1.807, 2.05) is 39.5 Å². The molecule has 0 unspecified atom stereocenters. The van der Waals surface area contributed by atoms with Crippen molar-refractivity contribution in [2.24, 2.45) is 0 Å². The van der Waals surface area contributed by atoms with Crippen molar-refractivity contribution in [3.05, 3.63) is 75.2 Å². The van der Waals surface area contributed by atoms with Gasteiger partial charge >= 0.3 is 11.8 Å². The zero-order valence-electron chi connectivity index (χ0n) is 23.5. The van der Waals surface area contributed by atoms with Crippen molar-refractivity contribution in [3.8, 4) is 23.0 Å². The molecule has 10 nitrogen and oxygen atoms in total. The fraction of sp³-hybridized carbons (Fsp3) is 0.333. The number of fused-ring (bicyclic) bond motifs is 1. The summed E-state index contributed by atoms with van der Waals surface area (Å²) in [6, 6.07) is 9.81. The summed E-state index contributed by atoms with van der Waals surface area (Å²) in [5.74, 6) is -0.282. The molecule has 1 aromatic carbocycles.